The third kappa shape index (κ3) is 2.09. The molecule has 2 atom stereocenters. The summed E-state index contributed by atoms with van der Waals surface area (Å²) in [6.07, 6.45) is 7.64. The van der Waals surface area contributed by atoms with Gasteiger partial charge in [0.2, 0.25) is 0 Å². The Labute approximate surface area is 107 Å². The maximum atomic E-state index is 12.1. The van der Waals surface area contributed by atoms with E-state index < -0.39 is 6.10 Å². The van der Waals surface area contributed by atoms with E-state index in [1.54, 1.807) is 10.7 Å². The Kier molecular flexibility index (Phi) is 3.20. The largest absolute Gasteiger partial charge is 0.391 e. The summed E-state index contributed by atoms with van der Waals surface area (Å²) in [6.45, 7) is 0. The molecule has 0 aliphatic heterocycles. The van der Waals surface area contributed by atoms with Gasteiger partial charge >= 0.3 is 0 Å². The van der Waals surface area contributed by atoms with Crippen LogP contribution in [0.1, 0.15) is 55.8 Å². The number of aliphatic hydroxyl groups is 1. The molecule has 1 heterocycles. The first kappa shape index (κ1) is 11.9. The molecule has 1 N–H and O–H groups in total. The van der Waals surface area contributed by atoms with E-state index in [0.29, 0.717) is 0 Å². The maximum Gasteiger partial charge on any atom is 0.267 e. The smallest absolute Gasteiger partial charge is 0.267 e. The molecule has 1 aromatic heterocycles. The van der Waals surface area contributed by atoms with Gasteiger partial charge in [-0.05, 0) is 44.1 Å². The molecule has 0 saturated heterocycles. The Morgan fingerprint density at radius 1 is 1.17 bits per heavy atom. The average molecular weight is 248 g/mol. The van der Waals surface area contributed by atoms with Crippen LogP contribution in [-0.4, -0.2) is 21.0 Å². The minimum Gasteiger partial charge on any atom is -0.391 e. The highest BCUT2D eigenvalue weighted by molar-refractivity contribution is 5.20. The molecule has 18 heavy (non-hydrogen) atoms. The van der Waals surface area contributed by atoms with Crippen LogP contribution < -0.4 is 5.56 Å². The van der Waals surface area contributed by atoms with Gasteiger partial charge in [0.1, 0.15) is 0 Å². The number of nitrogens with zero attached hydrogens (tertiary/aromatic N) is 2. The van der Waals surface area contributed by atoms with Crippen LogP contribution in [0.5, 0.6) is 0 Å². The van der Waals surface area contributed by atoms with E-state index in [-0.39, 0.29) is 11.6 Å². The molecule has 0 bridgehead atoms. The lowest BCUT2D eigenvalue weighted by atomic mass is 9.92. The summed E-state index contributed by atoms with van der Waals surface area (Å²) in [7, 11) is 0. The zero-order chi connectivity index (χ0) is 12.5. The SMILES string of the molecule is O=c1cc2c(nn1C1CCCCC1O)CCCC2. The van der Waals surface area contributed by atoms with Gasteiger partial charge in [0.25, 0.3) is 5.56 Å². The van der Waals surface area contributed by atoms with Crippen LogP contribution in [0.3, 0.4) is 0 Å². The highest BCUT2D eigenvalue weighted by Crippen LogP contribution is 2.27. The summed E-state index contributed by atoms with van der Waals surface area (Å²) in [4.78, 5) is 12.1. The van der Waals surface area contributed by atoms with Crippen molar-refractivity contribution in [2.24, 2.45) is 0 Å². The van der Waals surface area contributed by atoms with E-state index >= 15 is 0 Å². The minimum absolute atomic E-state index is 0.0402. The summed E-state index contributed by atoms with van der Waals surface area (Å²) in [5.74, 6) is 0. The second-order valence-corrected chi connectivity index (χ2v) is 5.53. The first-order valence-corrected chi connectivity index (χ1v) is 7.05. The topological polar surface area (TPSA) is 55.1 Å². The van der Waals surface area contributed by atoms with Crippen LogP contribution in [0.25, 0.3) is 0 Å². The van der Waals surface area contributed by atoms with E-state index in [0.717, 1.165) is 62.6 Å². The molecule has 0 radical (unpaired) electrons. The third-order valence-electron chi connectivity index (χ3n) is 4.24. The van der Waals surface area contributed by atoms with Crippen LogP contribution in [0.2, 0.25) is 0 Å². The highest BCUT2D eigenvalue weighted by Gasteiger charge is 2.27. The van der Waals surface area contributed by atoms with Gasteiger partial charge in [-0.1, -0.05) is 12.8 Å². The lowest BCUT2D eigenvalue weighted by Gasteiger charge is -2.29. The zero-order valence-electron chi connectivity index (χ0n) is 10.6. The van der Waals surface area contributed by atoms with Crippen molar-refractivity contribution >= 4 is 0 Å². The van der Waals surface area contributed by atoms with Crippen LogP contribution in [0.4, 0.5) is 0 Å². The van der Waals surface area contributed by atoms with Gasteiger partial charge in [-0.15, -0.1) is 0 Å². The van der Waals surface area contributed by atoms with E-state index in [1.165, 1.54) is 0 Å². The molecule has 1 fully saturated rings. The number of rotatable bonds is 1. The van der Waals surface area contributed by atoms with Crippen LogP contribution in [0.15, 0.2) is 10.9 Å². The standard InChI is InChI=1S/C14H20N2O2/c17-13-8-4-3-7-12(13)16-14(18)9-10-5-1-2-6-11(10)15-16/h9,12-13,17H,1-8H2. The Bertz CT molecular complexity index is 495. The van der Waals surface area contributed by atoms with Crippen molar-refractivity contribution in [1.82, 2.24) is 9.78 Å². The molecule has 2 unspecified atom stereocenters. The van der Waals surface area contributed by atoms with Crippen molar-refractivity contribution in [3.63, 3.8) is 0 Å². The predicted molar refractivity (Wildman–Crippen MR) is 68.7 cm³/mol. The van der Waals surface area contributed by atoms with Crippen LogP contribution >= 0.6 is 0 Å². The van der Waals surface area contributed by atoms with Crippen molar-refractivity contribution in [2.45, 2.75) is 63.5 Å². The molecule has 2 aliphatic rings. The first-order chi connectivity index (χ1) is 8.75. The molecular weight excluding hydrogens is 228 g/mol. The fourth-order valence-electron chi connectivity index (χ4n) is 3.19. The van der Waals surface area contributed by atoms with Crippen molar-refractivity contribution < 1.29 is 5.11 Å². The molecule has 0 amide bonds. The molecular formula is C14H20N2O2. The van der Waals surface area contributed by atoms with Gasteiger partial charge in [-0.2, -0.15) is 5.10 Å². The Hall–Kier alpha value is -1.16. The monoisotopic (exact) mass is 248 g/mol. The van der Waals surface area contributed by atoms with Gasteiger partial charge in [-0.3, -0.25) is 4.79 Å². The van der Waals surface area contributed by atoms with E-state index in [9.17, 15) is 9.90 Å². The molecule has 0 aromatic carbocycles. The average Bonchev–Trinajstić information content (AvgIpc) is 2.39. The molecule has 2 aliphatic carbocycles. The Morgan fingerprint density at radius 3 is 2.78 bits per heavy atom. The van der Waals surface area contributed by atoms with E-state index in [4.69, 9.17) is 0 Å². The molecule has 3 rings (SSSR count). The predicted octanol–water partition coefficient (Wildman–Crippen LogP) is 1.60. The number of aliphatic hydroxyl groups excluding tert-OH is 1. The van der Waals surface area contributed by atoms with Crippen LogP contribution in [0, 0.1) is 0 Å². The zero-order valence-corrected chi connectivity index (χ0v) is 10.6. The minimum atomic E-state index is -0.411. The van der Waals surface area contributed by atoms with E-state index in [1.807, 2.05) is 0 Å². The lowest BCUT2D eigenvalue weighted by molar-refractivity contribution is 0.0664. The van der Waals surface area contributed by atoms with Crippen molar-refractivity contribution in [3.05, 3.63) is 27.7 Å². The fraction of sp³-hybridized carbons (Fsp3) is 0.714. The van der Waals surface area contributed by atoms with Crippen molar-refractivity contribution in [2.75, 3.05) is 0 Å². The van der Waals surface area contributed by atoms with Crippen molar-refractivity contribution in [3.8, 4) is 0 Å². The Morgan fingerprint density at radius 2 is 1.94 bits per heavy atom. The number of aromatic nitrogens is 2. The second-order valence-electron chi connectivity index (χ2n) is 5.53. The van der Waals surface area contributed by atoms with Gasteiger partial charge in [0.05, 0.1) is 17.8 Å². The molecule has 1 saturated carbocycles. The van der Waals surface area contributed by atoms with Gasteiger partial charge in [-0.25, -0.2) is 4.68 Å². The van der Waals surface area contributed by atoms with Crippen molar-refractivity contribution in [1.29, 1.82) is 0 Å². The molecule has 98 valence electrons. The van der Waals surface area contributed by atoms with Gasteiger partial charge < -0.3 is 5.11 Å². The number of hydrogen-bond acceptors (Lipinski definition) is 3. The summed E-state index contributed by atoms with van der Waals surface area (Å²) in [5, 5.41) is 14.6. The Balaban J connectivity index is 1.98. The fourth-order valence-corrected chi connectivity index (χ4v) is 3.19. The lowest BCUT2D eigenvalue weighted by Crippen LogP contribution is -2.37. The van der Waals surface area contributed by atoms with Gasteiger partial charge in [0.15, 0.2) is 0 Å². The van der Waals surface area contributed by atoms with Crippen LogP contribution in [-0.2, 0) is 12.8 Å². The molecule has 4 heteroatoms. The quantitative estimate of drug-likeness (QED) is 0.821. The number of aryl methyl sites for hydroxylation is 2. The summed E-state index contributed by atoms with van der Waals surface area (Å²) < 4.78 is 1.55. The normalized spacial score (nSPS) is 27.8. The molecule has 1 aromatic rings. The second kappa shape index (κ2) is 4.84. The first-order valence-electron chi connectivity index (χ1n) is 7.05. The summed E-state index contributed by atoms with van der Waals surface area (Å²) in [5.41, 5.74) is 2.15. The summed E-state index contributed by atoms with van der Waals surface area (Å²) >= 11 is 0. The van der Waals surface area contributed by atoms with Gasteiger partial charge in [0, 0.05) is 6.07 Å². The molecule has 0 spiro atoms. The number of fused-ring (bicyclic) bond motifs is 1. The third-order valence-corrected chi connectivity index (χ3v) is 4.24. The van der Waals surface area contributed by atoms with E-state index in [2.05, 4.69) is 5.10 Å². The molecule has 4 nitrogen and oxygen atoms in total. The summed E-state index contributed by atoms with van der Waals surface area (Å²) in [6, 6.07) is 1.63. The highest BCUT2D eigenvalue weighted by atomic mass is 16.3. The number of hydrogen-bond donors (Lipinski definition) is 1. The maximum absolute atomic E-state index is 12.1.